The van der Waals surface area contributed by atoms with E-state index in [0.29, 0.717) is 34.9 Å². The number of carbonyl (C=O) groups is 1. The molecule has 5 rings (SSSR count). The molecule has 38 heavy (non-hydrogen) atoms. The van der Waals surface area contributed by atoms with Crippen molar-refractivity contribution < 1.29 is 32.6 Å². The summed E-state index contributed by atoms with van der Waals surface area (Å²) in [6.07, 6.45) is 1.25. The number of carbonyl (C=O) groups excluding carboxylic acids is 1. The lowest BCUT2D eigenvalue weighted by Crippen LogP contribution is -2.50. The third-order valence-corrected chi connectivity index (χ3v) is 7.43. The Morgan fingerprint density at radius 1 is 1.18 bits per heavy atom. The van der Waals surface area contributed by atoms with Crippen LogP contribution in [0.25, 0.3) is 11.0 Å². The van der Waals surface area contributed by atoms with Crippen LogP contribution in [0, 0.1) is 0 Å². The Hall–Kier alpha value is -2.43. The van der Waals surface area contributed by atoms with Crippen molar-refractivity contribution in [3.05, 3.63) is 63.8 Å². The molecule has 11 heteroatoms. The fourth-order valence-corrected chi connectivity index (χ4v) is 5.24. The predicted molar refractivity (Wildman–Crippen MR) is 139 cm³/mol. The van der Waals surface area contributed by atoms with Gasteiger partial charge in [0.15, 0.2) is 5.76 Å². The van der Waals surface area contributed by atoms with E-state index < -0.39 is 29.7 Å². The van der Waals surface area contributed by atoms with Gasteiger partial charge in [0.1, 0.15) is 23.5 Å². The lowest BCUT2D eigenvalue weighted by molar-refractivity contribution is -0.151. The Morgan fingerprint density at radius 3 is 2.68 bits per heavy atom. The molecule has 3 atom stereocenters. The second-order valence-electron chi connectivity index (χ2n) is 9.69. The average molecular weight is 569 g/mol. The van der Waals surface area contributed by atoms with Crippen LogP contribution in [0.2, 0.25) is 10.0 Å². The van der Waals surface area contributed by atoms with Crippen molar-refractivity contribution in [2.75, 3.05) is 32.8 Å². The SMILES string of the molecule is O=C(NC(CN1CCCC1)C(O)c1ccc(OC2CCOC2)c(Cl)c1)C(F)(F)c1cc2cc(Cl)ccc2o1. The van der Waals surface area contributed by atoms with Crippen molar-refractivity contribution in [3.8, 4) is 5.75 Å². The molecule has 2 N–H and O–H groups in total. The lowest BCUT2D eigenvalue weighted by Gasteiger charge is -2.30. The summed E-state index contributed by atoms with van der Waals surface area (Å²) >= 11 is 12.4. The molecule has 2 saturated heterocycles. The third kappa shape index (κ3) is 5.92. The maximum absolute atomic E-state index is 15.3. The van der Waals surface area contributed by atoms with Crippen molar-refractivity contribution in [3.63, 3.8) is 0 Å². The molecule has 0 spiro atoms. The number of aliphatic hydroxyl groups excluding tert-OH is 1. The van der Waals surface area contributed by atoms with Crippen molar-refractivity contribution >= 4 is 40.1 Å². The lowest BCUT2D eigenvalue weighted by atomic mass is 10.0. The minimum Gasteiger partial charge on any atom is -0.486 e. The van der Waals surface area contributed by atoms with Crippen LogP contribution in [0.5, 0.6) is 5.75 Å². The molecule has 3 heterocycles. The maximum Gasteiger partial charge on any atom is 0.380 e. The number of rotatable bonds is 9. The number of likely N-dealkylation sites (tertiary alicyclic amines) is 1. The summed E-state index contributed by atoms with van der Waals surface area (Å²) in [6, 6.07) is 9.30. The fourth-order valence-electron chi connectivity index (χ4n) is 4.82. The highest BCUT2D eigenvalue weighted by Gasteiger charge is 2.46. The van der Waals surface area contributed by atoms with Crippen molar-refractivity contribution in [1.29, 1.82) is 0 Å². The van der Waals surface area contributed by atoms with Crippen molar-refractivity contribution in [2.45, 2.75) is 43.4 Å². The molecule has 2 aliphatic heterocycles. The van der Waals surface area contributed by atoms with Gasteiger partial charge in [0.05, 0.1) is 24.3 Å². The molecular weight excluding hydrogens is 541 g/mol. The predicted octanol–water partition coefficient (Wildman–Crippen LogP) is 5.31. The van der Waals surface area contributed by atoms with Gasteiger partial charge in [-0.3, -0.25) is 4.79 Å². The number of alkyl halides is 2. The zero-order valence-corrected chi connectivity index (χ0v) is 22.0. The normalized spacial score (nSPS) is 20.1. The third-order valence-electron chi connectivity index (χ3n) is 6.90. The highest BCUT2D eigenvalue weighted by Crippen LogP contribution is 2.35. The second-order valence-corrected chi connectivity index (χ2v) is 10.5. The standard InChI is InChI=1S/C27H28Cl2F2N2O5/c28-18-4-6-22-17(11-18)13-24(38-22)27(30,31)26(35)32-21(14-33-8-1-2-9-33)25(34)16-3-5-23(20(29)12-16)37-19-7-10-36-15-19/h3-6,11-13,19,21,25,34H,1-2,7-10,14-15H2,(H,32,35). The summed E-state index contributed by atoms with van der Waals surface area (Å²) in [5.41, 5.74) is 0.558. The van der Waals surface area contributed by atoms with Gasteiger partial charge in [-0.2, -0.15) is 8.78 Å². The highest BCUT2D eigenvalue weighted by molar-refractivity contribution is 6.32. The minimum absolute atomic E-state index is 0.109. The largest absolute Gasteiger partial charge is 0.486 e. The molecule has 0 bridgehead atoms. The molecule has 204 valence electrons. The van der Waals surface area contributed by atoms with E-state index in [0.717, 1.165) is 38.4 Å². The van der Waals surface area contributed by atoms with E-state index in [-0.39, 0.29) is 23.3 Å². The van der Waals surface area contributed by atoms with Crippen LogP contribution in [-0.2, 0) is 15.5 Å². The number of amides is 1. The van der Waals surface area contributed by atoms with E-state index in [1.165, 1.54) is 24.3 Å². The number of nitrogens with zero attached hydrogens (tertiary/aromatic N) is 1. The molecule has 2 fully saturated rings. The van der Waals surface area contributed by atoms with Gasteiger partial charge in [0.2, 0.25) is 0 Å². The van der Waals surface area contributed by atoms with E-state index in [4.69, 9.17) is 37.1 Å². The minimum atomic E-state index is -3.98. The molecule has 0 aliphatic carbocycles. The fraction of sp³-hybridized carbons (Fsp3) is 0.444. The number of fused-ring (bicyclic) bond motifs is 1. The molecular formula is C27H28Cl2F2N2O5. The summed E-state index contributed by atoms with van der Waals surface area (Å²) in [6.45, 7) is 2.77. The van der Waals surface area contributed by atoms with Gasteiger partial charge in [-0.25, -0.2) is 0 Å². The molecule has 2 aliphatic rings. The number of nitrogens with one attached hydrogen (secondary N) is 1. The number of hydrogen-bond donors (Lipinski definition) is 2. The first-order valence-corrected chi connectivity index (χ1v) is 13.3. The van der Waals surface area contributed by atoms with E-state index in [9.17, 15) is 9.90 Å². The van der Waals surface area contributed by atoms with Crippen LogP contribution in [-0.4, -0.2) is 60.9 Å². The number of hydrogen-bond acceptors (Lipinski definition) is 6. The van der Waals surface area contributed by atoms with E-state index in [1.54, 1.807) is 12.1 Å². The first kappa shape index (κ1) is 27.1. The first-order valence-electron chi connectivity index (χ1n) is 12.5. The average Bonchev–Trinajstić information content (AvgIpc) is 3.66. The van der Waals surface area contributed by atoms with Gasteiger partial charge < -0.3 is 29.2 Å². The summed E-state index contributed by atoms with van der Waals surface area (Å²) in [5, 5.41) is 14.6. The first-order chi connectivity index (χ1) is 18.2. The molecule has 0 saturated carbocycles. The zero-order valence-electron chi connectivity index (χ0n) is 20.5. The smallest absolute Gasteiger partial charge is 0.380 e. The van der Waals surface area contributed by atoms with Crippen LogP contribution >= 0.6 is 23.2 Å². The van der Waals surface area contributed by atoms with E-state index >= 15 is 8.78 Å². The van der Waals surface area contributed by atoms with Crippen LogP contribution in [0.4, 0.5) is 8.78 Å². The Bertz CT molecular complexity index is 1290. The maximum atomic E-state index is 15.3. The molecule has 2 aromatic carbocycles. The number of aliphatic hydroxyl groups is 1. The van der Waals surface area contributed by atoms with Crippen molar-refractivity contribution in [1.82, 2.24) is 10.2 Å². The van der Waals surface area contributed by atoms with Gasteiger partial charge in [0, 0.05) is 23.4 Å². The molecule has 3 unspecified atom stereocenters. The molecule has 7 nitrogen and oxygen atoms in total. The summed E-state index contributed by atoms with van der Waals surface area (Å²) < 4.78 is 47.0. The van der Waals surface area contributed by atoms with Crippen molar-refractivity contribution in [2.24, 2.45) is 0 Å². The molecule has 1 amide bonds. The Morgan fingerprint density at radius 2 is 1.97 bits per heavy atom. The summed E-state index contributed by atoms with van der Waals surface area (Å²) in [5.74, 6) is -5.91. The van der Waals surface area contributed by atoms with Crippen LogP contribution in [0.3, 0.4) is 0 Å². The molecule has 1 aromatic heterocycles. The Balaban J connectivity index is 1.35. The number of benzene rings is 2. The zero-order chi connectivity index (χ0) is 26.9. The quantitative estimate of drug-likeness (QED) is 0.364. The van der Waals surface area contributed by atoms with E-state index in [2.05, 4.69) is 5.32 Å². The second kappa shape index (κ2) is 11.4. The van der Waals surface area contributed by atoms with Crippen LogP contribution in [0.15, 0.2) is 46.9 Å². The van der Waals surface area contributed by atoms with Gasteiger partial charge in [-0.05, 0) is 67.9 Å². The topological polar surface area (TPSA) is 84.2 Å². The summed E-state index contributed by atoms with van der Waals surface area (Å²) in [7, 11) is 0. The van der Waals surface area contributed by atoms with Crippen LogP contribution < -0.4 is 10.1 Å². The Labute approximate surface area is 228 Å². The van der Waals surface area contributed by atoms with E-state index in [1.807, 2.05) is 4.90 Å². The van der Waals surface area contributed by atoms with Gasteiger partial charge in [0.25, 0.3) is 5.91 Å². The number of halogens is 4. The van der Waals surface area contributed by atoms with Gasteiger partial charge in [-0.1, -0.05) is 29.3 Å². The summed E-state index contributed by atoms with van der Waals surface area (Å²) in [4.78, 5) is 14.9. The van der Waals surface area contributed by atoms with Gasteiger partial charge in [-0.15, -0.1) is 0 Å². The highest BCUT2D eigenvalue weighted by atomic mass is 35.5. The van der Waals surface area contributed by atoms with Gasteiger partial charge >= 0.3 is 5.92 Å². The monoisotopic (exact) mass is 568 g/mol. The van der Waals surface area contributed by atoms with Crippen LogP contribution in [0.1, 0.15) is 36.7 Å². The molecule has 3 aromatic rings. The number of ether oxygens (including phenoxy) is 2. The number of furan rings is 1. The molecule has 0 radical (unpaired) electrons. The Kier molecular flexibility index (Phi) is 8.11.